The van der Waals surface area contributed by atoms with E-state index in [1.807, 2.05) is 25.1 Å². The zero-order valence-corrected chi connectivity index (χ0v) is 20.2. The third-order valence-corrected chi connectivity index (χ3v) is 7.25. The summed E-state index contributed by atoms with van der Waals surface area (Å²) in [6.07, 6.45) is 7.62. The molecule has 178 valence electrons. The first kappa shape index (κ1) is 25.0. The number of carbonyl (C=O) groups excluding carboxylic acids is 3. The molecular formula is C27H37N3O3. The molecule has 1 saturated heterocycles. The van der Waals surface area contributed by atoms with E-state index in [0.29, 0.717) is 25.1 Å². The number of amides is 2. The number of benzene rings is 1. The van der Waals surface area contributed by atoms with Crippen molar-refractivity contribution in [1.29, 1.82) is 5.26 Å². The maximum absolute atomic E-state index is 13.1. The van der Waals surface area contributed by atoms with Crippen molar-refractivity contribution >= 4 is 17.6 Å². The average molecular weight is 452 g/mol. The van der Waals surface area contributed by atoms with Gasteiger partial charge in [0.05, 0.1) is 12.1 Å². The average Bonchev–Trinajstić information content (AvgIpc) is 2.86. The molecular weight excluding hydrogens is 414 g/mol. The van der Waals surface area contributed by atoms with Crippen molar-refractivity contribution in [1.82, 2.24) is 10.2 Å². The van der Waals surface area contributed by atoms with Gasteiger partial charge in [-0.1, -0.05) is 38.3 Å². The number of likely N-dealkylation sites (tertiary alicyclic amines) is 1. The summed E-state index contributed by atoms with van der Waals surface area (Å²) in [7, 11) is 0. The van der Waals surface area contributed by atoms with Gasteiger partial charge >= 0.3 is 0 Å². The molecule has 0 spiro atoms. The first-order chi connectivity index (χ1) is 15.8. The van der Waals surface area contributed by atoms with Gasteiger partial charge in [0.25, 0.3) is 5.91 Å². The Morgan fingerprint density at radius 3 is 2.55 bits per heavy atom. The number of hydrogen-bond acceptors (Lipinski definition) is 4. The van der Waals surface area contributed by atoms with Crippen LogP contribution in [-0.2, 0) is 9.59 Å². The number of rotatable bonds is 7. The second-order valence-corrected chi connectivity index (χ2v) is 10.1. The number of hydrogen-bond donors (Lipinski definition) is 1. The van der Waals surface area contributed by atoms with Crippen molar-refractivity contribution in [3.05, 3.63) is 35.4 Å². The molecule has 1 aliphatic heterocycles. The predicted molar refractivity (Wildman–Crippen MR) is 128 cm³/mol. The maximum atomic E-state index is 13.1. The SMILES string of the molecule is CCC(=O)C(NC(=O)c1cccc(C2CCCN(C(=O)C(C)(C)C#N)C2)c1)C1CCCCC1. The topological polar surface area (TPSA) is 90.3 Å². The Morgan fingerprint density at radius 2 is 1.88 bits per heavy atom. The molecule has 0 aromatic heterocycles. The van der Waals surface area contributed by atoms with E-state index in [9.17, 15) is 19.6 Å². The number of ketones is 1. The normalized spacial score (nSPS) is 20.5. The minimum Gasteiger partial charge on any atom is -0.342 e. The van der Waals surface area contributed by atoms with Crippen LogP contribution in [0.25, 0.3) is 0 Å². The minimum absolute atomic E-state index is 0.105. The summed E-state index contributed by atoms with van der Waals surface area (Å²) >= 11 is 0. The molecule has 0 radical (unpaired) electrons. The number of nitrogens with one attached hydrogen (secondary N) is 1. The summed E-state index contributed by atoms with van der Waals surface area (Å²) in [5.41, 5.74) is 0.535. The highest BCUT2D eigenvalue weighted by atomic mass is 16.2. The molecule has 1 N–H and O–H groups in total. The molecule has 6 heteroatoms. The highest BCUT2D eigenvalue weighted by Crippen LogP contribution is 2.31. The van der Waals surface area contributed by atoms with Gasteiger partial charge in [-0.2, -0.15) is 5.26 Å². The molecule has 2 unspecified atom stereocenters. The van der Waals surface area contributed by atoms with Gasteiger partial charge in [-0.05, 0) is 63.1 Å². The quantitative estimate of drug-likeness (QED) is 0.656. The van der Waals surface area contributed by atoms with Crippen LogP contribution in [0, 0.1) is 22.7 Å². The van der Waals surface area contributed by atoms with Crippen molar-refractivity contribution in [2.24, 2.45) is 11.3 Å². The molecule has 3 rings (SSSR count). The van der Waals surface area contributed by atoms with Crippen LogP contribution in [0.4, 0.5) is 0 Å². The Morgan fingerprint density at radius 1 is 1.15 bits per heavy atom. The van der Waals surface area contributed by atoms with Crippen LogP contribution in [0.3, 0.4) is 0 Å². The maximum Gasteiger partial charge on any atom is 0.251 e. The number of nitriles is 1. The van der Waals surface area contributed by atoms with E-state index in [1.165, 1.54) is 6.42 Å². The minimum atomic E-state index is -1.04. The summed E-state index contributed by atoms with van der Waals surface area (Å²) in [6.45, 7) is 6.37. The predicted octanol–water partition coefficient (Wildman–Crippen LogP) is 4.60. The largest absolute Gasteiger partial charge is 0.342 e. The highest BCUT2D eigenvalue weighted by Gasteiger charge is 2.35. The van der Waals surface area contributed by atoms with Gasteiger partial charge in [-0.15, -0.1) is 0 Å². The van der Waals surface area contributed by atoms with Crippen LogP contribution in [-0.4, -0.2) is 41.6 Å². The number of nitrogens with zero attached hydrogens (tertiary/aromatic N) is 2. The summed E-state index contributed by atoms with van der Waals surface area (Å²) in [4.78, 5) is 40.3. The molecule has 1 saturated carbocycles. The molecule has 1 aliphatic carbocycles. The first-order valence-electron chi connectivity index (χ1n) is 12.4. The molecule has 33 heavy (non-hydrogen) atoms. The summed E-state index contributed by atoms with van der Waals surface area (Å²) in [5, 5.41) is 12.4. The van der Waals surface area contributed by atoms with E-state index in [0.717, 1.165) is 44.1 Å². The summed E-state index contributed by atoms with van der Waals surface area (Å²) < 4.78 is 0. The van der Waals surface area contributed by atoms with E-state index >= 15 is 0 Å². The number of carbonyl (C=O) groups is 3. The molecule has 2 fully saturated rings. The monoisotopic (exact) mass is 451 g/mol. The van der Waals surface area contributed by atoms with Crippen LogP contribution < -0.4 is 5.32 Å². The molecule has 2 atom stereocenters. The van der Waals surface area contributed by atoms with E-state index in [4.69, 9.17) is 0 Å². The molecule has 2 amide bonds. The fourth-order valence-electron chi connectivity index (χ4n) is 5.18. The van der Waals surface area contributed by atoms with Crippen molar-refractivity contribution in [3.8, 4) is 6.07 Å². The van der Waals surface area contributed by atoms with E-state index in [1.54, 1.807) is 24.8 Å². The second kappa shape index (κ2) is 11.0. The van der Waals surface area contributed by atoms with Crippen LogP contribution >= 0.6 is 0 Å². The molecule has 6 nitrogen and oxygen atoms in total. The van der Waals surface area contributed by atoms with E-state index in [-0.39, 0.29) is 29.4 Å². The molecule has 1 aromatic carbocycles. The molecule has 2 aliphatic rings. The zero-order chi connectivity index (χ0) is 24.0. The lowest BCUT2D eigenvalue weighted by Crippen LogP contribution is -2.46. The number of piperidine rings is 1. The first-order valence-corrected chi connectivity index (χ1v) is 12.4. The third-order valence-electron chi connectivity index (χ3n) is 7.25. The van der Waals surface area contributed by atoms with E-state index < -0.39 is 11.5 Å². The third kappa shape index (κ3) is 6.01. The highest BCUT2D eigenvalue weighted by molar-refractivity contribution is 5.98. The van der Waals surface area contributed by atoms with Crippen molar-refractivity contribution in [2.75, 3.05) is 13.1 Å². The standard InChI is InChI=1S/C27H37N3O3/c1-4-23(31)24(19-10-6-5-7-11-19)29-25(32)21-13-8-12-20(16-21)22-14-9-15-30(17-22)26(33)27(2,3)18-28/h8,12-13,16,19,22,24H,4-7,9-11,14-15,17H2,1-3H3,(H,29,32). The number of Topliss-reactive ketones (excluding diaryl/α,β-unsaturated/α-hetero) is 1. The Kier molecular flexibility index (Phi) is 8.29. The van der Waals surface area contributed by atoms with Crippen LogP contribution in [0.5, 0.6) is 0 Å². The van der Waals surface area contributed by atoms with Crippen molar-refractivity contribution in [3.63, 3.8) is 0 Å². The second-order valence-electron chi connectivity index (χ2n) is 10.1. The summed E-state index contributed by atoms with van der Waals surface area (Å²) in [5.74, 6) is 0.101. The smallest absolute Gasteiger partial charge is 0.251 e. The lowest BCUT2D eigenvalue weighted by molar-refractivity contribution is -0.138. The molecule has 1 aromatic rings. The fraction of sp³-hybridized carbons (Fsp3) is 0.630. The zero-order valence-electron chi connectivity index (χ0n) is 20.2. The lowest BCUT2D eigenvalue weighted by Gasteiger charge is -2.36. The Balaban J connectivity index is 1.73. The van der Waals surface area contributed by atoms with Gasteiger partial charge in [0.1, 0.15) is 5.41 Å². The van der Waals surface area contributed by atoms with Crippen LogP contribution in [0.15, 0.2) is 24.3 Å². The van der Waals surface area contributed by atoms with Gasteiger partial charge in [-0.25, -0.2) is 0 Å². The molecule has 1 heterocycles. The van der Waals surface area contributed by atoms with Crippen LogP contribution in [0.2, 0.25) is 0 Å². The van der Waals surface area contributed by atoms with Crippen molar-refractivity contribution < 1.29 is 14.4 Å². The van der Waals surface area contributed by atoms with Crippen molar-refractivity contribution in [2.45, 2.75) is 84.1 Å². The van der Waals surface area contributed by atoms with Gasteiger partial charge in [0.15, 0.2) is 5.78 Å². The Labute approximate surface area is 197 Å². The fourth-order valence-corrected chi connectivity index (χ4v) is 5.18. The Hall–Kier alpha value is -2.68. The van der Waals surface area contributed by atoms with Gasteiger partial charge in [0.2, 0.25) is 5.91 Å². The Bertz CT molecular complexity index is 911. The van der Waals surface area contributed by atoms with Gasteiger partial charge in [0, 0.05) is 31.0 Å². The lowest BCUT2D eigenvalue weighted by atomic mass is 9.81. The molecule has 0 bridgehead atoms. The van der Waals surface area contributed by atoms with Gasteiger partial charge in [-0.3, -0.25) is 14.4 Å². The summed E-state index contributed by atoms with van der Waals surface area (Å²) in [6, 6.07) is 9.26. The van der Waals surface area contributed by atoms with E-state index in [2.05, 4.69) is 11.4 Å². The van der Waals surface area contributed by atoms with Gasteiger partial charge < -0.3 is 10.2 Å². The van der Waals surface area contributed by atoms with Crippen LogP contribution in [0.1, 0.15) is 94.0 Å².